The highest BCUT2D eigenvalue weighted by atomic mass is 15.2. The highest BCUT2D eigenvalue weighted by Crippen LogP contribution is 2.32. The Morgan fingerprint density at radius 2 is 1.94 bits per heavy atom. The molecule has 2 unspecified atom stereocenters. The van der Waals surface area contributed by atoms with Gasteiger partial charge in [0.05, 0.1) is 0 Å². The lowest BCUT2D eigenvalue weighted by Gasteiger charge is -2.39. The summed E-state index contributed by atoms with van der Waals surface area (Å²) >= 11 is 0. The standard InChI is InChI=1S/C14H30N2/c1-11(2)8-14(5,10-15)16-7-6-13(9-16)12(3)4/h11-13H,6-10,15H2,1-5H3. The van der Waals surface area contributed by atoms with Gasteiger partial charge in [-0.3, -0.25) is 4.90 Å². The zero-order valence-corrected chi connectivity index (χ0v) is 11.8. The van der Waals surface area contributed by atoms with Crippen molar-refractivity contribution in [3.05, 3.63) is 0 Å². The summed E-state index contributed by atoms with van der Waals surface area (Å²) in [6.45, 7) is 14.9. The van der Waals surface area contributed by atoms with Gasteiger partial charge in [-0.05, 0) is 44.1 Å². The van der Waals surface area contributed by atoms with E-state index in [9.17, 15) is 0 Å². The monoisotopic (exact) mass is 226 g/mol. The van der Waals surface area contributed by atoms with E-state index in [4.69, 9.17) is 5.73 Å². The van der Waals surface area contributed by atoms with E-state index in [1.807, 2.05) is 0 Å². The Morgan fingerprint density at radius 3 is 2.31 bits per heavy atom. The molecule has 1 heterocycles. The van der Waals surface area contributed by atoms with E-state index in [-0.39, 0.29) is 5.54 Å². The Labute approximate surface area is 102 Å². The van der Waals surface area contributed by atoms with Crippen molar-refractivity contribution < 1.29 is 0 Å². The van der Waals surface area contributed by atoms with Gasteiger partial charge in [0.1, 0.15) is 0 Å². The van der Waals surface area contributed by atoms with Crippen LogP contribution in [-0.2, 0) is 0 Å². The fraction of sp³-hybridized carbons (Fsp3) is 1.00. The van der Waals surface area contributed by atoms with Gasteiger partial charge in [0.2, 0.25) is 0 Å². The van der Waals surface area contributed by atoms with E-state index >= 15 is 0 Å². The second kappa shape index (κ2) is 5.50. The highest BCUT2D eigenvalue weighted by Gasteiger charge is 2.36. The molecule has 0 aromatic heterocycles. The third kappa shape index (κ3) is 3.21. The van der Waals surface area contributed by atoms with E-state index in [1.54, 1.807) is 0 Å². The molecule has 2 nitrogen and oxygen atoms in total. The van der Waals surface area contributed by atoms with Gasteiger partial charge in [0.25, 0.3) is 0 Å². The number of hydrogen-bond donors (Lipinski definition) is 1. The van der Waals surface area contributed by atoms with Crippen LogP contribution in [0.3, 0.4) is 0 Å². The lowest BCUT2D eigenvalue weighted by molar-refractivity contribution is 0.109. The lowest BCUT2D eigenvalue weighted by Crippen LogP contribution is -2.51. The number of nitrogens with two attached hydrogens (primary N) is 1. The van der Waals surface area contributed by atoms with Crippen LogP contribution in [0.25, 0.3) is 0 Å². The van der Waals surface area contributed by atoms with Crippen LogP contribution in [0.1, 0.15) is 47.5 Å². The molecule has 1 aliphatic heterocycles. The third-order valence-corrected chi connectivity index (χ3v) is 4.22. The normalized spacial score (nSPS) is 26.6. The molecule has 0 amide bonds. The average Bonchev–Trinajstić information content (AvgIpc) is 2.65. The molecule has 0 aromatic rings. The molecule has 2 atom stereocenters. The van der Waals surface area contributed by atoms with Crippen LogP contribution in [0.5, 0.6) is 0 Å². The second-order valence-corrected chi connectivity index (χ2v) is 6.54. The van der Waals surface area contributed by atoms with Gasteiger partial charge >= 0.3 is 0 Å². The van der Waals surface area contributed by atoms with Crippen molar-refractivity contribution in [3.63, 3.8) is 0 Å². The van der Waals surface area contributed by atoms with Crippen LogP contribution in [0.2, 0.25) is 0 Å². The first-order valence-electron chi connectivity index (χ1n) is 6.84. The molecule has 16 heavy (non-hydrogen) atoms. The Morgan fingerprint density at radius 1 is 1.31 bits per heavy atom. The van der Waals surface area contributed by atoms with Crippen molar-refractivity contribution in [2.24, 2.45) is 23.5 Å². The van der Waals surface area contributed by atoms with E-state index in [0.29, 0.717) is 0 Å². The summed E-state index contributed by atoms with van der Waals surface area (Å²) in [5, 5.41) is 0. The summed E-state index contributed by atoms with van der Waals surface area (Å²) in [5.74, 6) is 2.41. The first kappa shape index (κ1) is 14.0. The summed E-state index contributed by atoms with van der Waals surface area (Å²) in [5.41, 5.74) is 6.24. The van der Waals surface area contributed by atoms with Crippen LogP contribution in [0.4, 0.5) is 0 Å². The zero-order valence-electron chi connectivity index (χ0n) is 11.8. The van der Waals surface area contributed by atoms with Crippen LogP contribution in [0, 0.1) is 17.8 Å². The highest BCUT2D eigenvalue weighted by molar-refractivity contribution is 4.93. The van der Waals surface area contributed by atoms with Crippen LogP contribution in [-0.4, -0.2) is 30.1 Å². The summed E-state index contributed by atoms with van der Waals surface area (Å²) in [6, 6.07) is 0. The minimum Gasteiger partial charge on any atom is -0.329 e. The van der Waals surface area contributed by atoms with E-state index in [2.05, 4.69) is 39.5 Å². The fourth-order valence-electron chi connectivity index (χ4n) is 3.04. The van der Waals surface area contributed by atoms with Crippen molar-refractivity contribution in [2.45, 2.75) is 53.0 Å². The molecule has 0 aromatic carbocycles. The van der Waals surface area contributed by atoms with Gasteiger partial charge in [-0.15, -0.1) is 0 Å². The van der Waals surface area contributed by atoms with Crippen molar-refractivity contribution in [1.29, 1.82) is 0 Å². The quantitative estimate of drug-likeness (QED) is 0.781. The molecule has 1 fully saturated rings. The predicted octanol–water partition coefficient (Wildman–Crippen LogP) is 2.73. The first-order valence-corrected chi connectivity index (χ1v) is 6.84. The number of hydrogen-bond acceptors (Lipinski definition) is 2. The van der Waals surface area contributed by atoms with Crippen molar-refractivity contribution in [1.82, 2.24) is 4.90 Å². The molecular formula is C14H30N2. The Bertz CT molecular complexity index is 213. The average molecular weight is 226 g/mol. The molecule has 1 rings (SSSR count). The molecule has 0 bridgehead atoms. The number of likely N-dealkylation sites (tertiary alicyclic amines) is 1. The molecule has 0 saturated carbocycles. The maximum atomic E-state index is 6.02. The van der Waals surface area contributed by atoms with Crippen LogP contribution >= 0.6 is 0 Å². The largest absolute Gasteiger partial charge is 0.329 e. The maximum Gasteiger partial charge on any atom is 0.0306 e. The Kier molecular flexibility index (Phi) is 4.81. The molecule has 0 radical (unpaired) electrons. The molecule has 1 aliphatic rings. The van der Waals surface area contributed by atoms with Crippen LogP contribution < -0.4 is 5.73 Å². The fourth-order valence-corrected chi connectivity index (χ4v) is 3.04. The number of rotatable bonds is 5. The van der Waals surface area contributed by atoms with Crippen molar-refractivity contribution >= 4 is 0 Å². The topological polar surface area (TPSA) is 29.3 Å². The van der Waals surface area contributed by atoms with Gasteiger partial charge in [-0.1, -0.05) is 27.7 Å². The van der Waals surface area contributed by atoms with Crippen molar-refractivity contribution in [2.75, 3.05) is 19.6 Å². The van der Waals surface area contributed by atoms with Gasteiger partial charge < -0.3 is 5.73 Å². The molecule has 0 spiro atoms. The predicted molar refractivity (Wildman–Crippen MR) is 71.4 cm³/mol. The summed E-state index contributed by atoms with van der Waals surface area (Å²) in [6.07, 6.45) is 2.57. The Balaban J connectivity index is 2.61. The zero-order chi connectivity index (χ0) is 12.3. The molecule has 0 aliphatic carbocycles. The van der Waals surface area contributed by atoms with Gasteiger partial charge in [-0.2, -0.15) is 0 Å². The minimum absolute atomic E-state index is 0.220. The van der Waals surface area contributed by atoms with E-state index in [0.717, 1.165) is 24.3 Å². The maximum absolute atomic E-state index is 6.02. The van der Waals surface area contributed by atoms with Gasteiger partial charge in [0, 0.05) is 18.6 Å². The summed E-state index contributed by atoms with van der Waals surface area (Å²) in [4.78, 5) is 2.64. The summed E-state index contributed by atoms with van der Waals surface area (Å²) in [7, 11) is 0. The van der Waals surface area contributed by atoms with Gasteiger partial charge in [0.15, 0.2) is 0 Å². The third-order valence-electron chi connectivity index (χ3n) is 4.22. The van der Waals surface area contributed by atoms with Crippen LogP contribution in [0.15, 0.2) is 0 Å². The van der Waals surface area contributed by atoms with Gasteiger partial charge in [-0.25, -0.2) is 0 Å². The molecule has 1 saturated heterocycles. The second-order valence-electron chi connectivity index (χ2n) is 6.54. The minimum atomic E-state index is 0.220. The van der Waals surface area contributed by atoms with Crippen molar-refractivity contribution in [3.8, 4) is 0 Å². The first-order chi connectivity index (χ1) is 7.39. The smallest absolute Gasteiger partial charge is 0.0306 e. The summed E-state index contributed by atoms with van der Waals surface area (Å²) < 4.78 is 0. The molecular weight excluding hydrogens is 196 g/mol. The SMILES string of the molecule is CC(C)CC(C)(CN)N1CCC(C(C)C)C1. The van der Waals surface area contributed by atoms with E-state index in [1.165, 1.54) is 25.9 Å². The molecule has 2 N–H and O–H groups in total. The van der Waals surface area contributed by atoms with E-state index < -0.39 is 0 Å². The molecule has 96 valence electrons. The molecule has 2 heteroatoms. The lowest BCUT2D eigenvalue weighted by atomic mass is 9.89. The number of nitrogens with zero attached hydrogens (tertiary/aromatic N) is 1. The Hall–Kier alpha value is -0.0800.